The van der Waals surface area contributed by atoms with Gasteiger partial charge in [-0.1, -0.05) is 0 Å². The van der Waals surface area contributed by atoms with E-state index in [1.54, 1.807) is 0 Å². The number of rotatable bonds is 7. The van der Waals surface area contributed by atoms with E-state index in [0.717, 1.165) is 71.0 Å². The van der Waals surface area contributed by atoms with Crippen molar-refractivity contribution in [3.8, 4) is 0 Å². The average Bonchev–Trinajstić information content (AvgIpc) is 2.69. The van der Waals surface area contributed by atoms with E-state index in [0.29, 0.717) is 12.5 Å². The van der Waals surface area contributed by atoms with Crippen molar-refractivity contribution in [1.29, 1.82) is 0 Å². The predicted octanol–water partition coefficient (Wildman–Crippen LogP) is 0.684. The van der Waals surface area contributed by atoms with Crippen LogP contribution in [0.3, 0.4) is 0 Å². The van der Waals surface area contributed by atoms with Gasteiger partial charge in [-0.15, -0.1) is 24.8 Å². The zero-order valence-electron chi connectivity index (χ0n) is 16.3. The molecule has 0 bridgehead atoms. The molecule has 1 amide bonds. The van der Waals surface area contributed by atoms with Crippen molar-refractivity contribution in [3.05, 3.63) is 0 Å². The molecular formula is C18H34Cl2N4O4. The van der Waals surface area contributed by atoms with E-state index < -0.39 is 12.2 Å². The molecule has 1 aliphatic carbocycles. The van der Waals surface area contributed by atoms with Crippen molar-refractivity contribution >= 4 is 37.2 Å². The lowest BCUT2D eigenvalue weighted by molar-refractivity contribution is -0.160. The fourth-order valence-electron chi connectivity index (χ4n) is 4.61. The fraction of sp³-hybridized carbons (Fsp3) is 0.889. The molecule has 1 atom stereocenters. The van der Waals surface area contributed by atoms with E-state index in [4.69, 9.17) is 9.84 Å². The van der Waals surface area contributed by atoms with Crippen molar-refractivity contribution in [2.75, 3.05) is 39.3 Å². The van der Waals surface area contributed by atoms with E-state index >= 15 is 0 Å². The molecule has 0 aromatic carbocycles. The van der Waals surface area contributed by atoms with E-state index in [1.807, 2.05) is 0 Å². The molecule has 2 aliphatic heterocycles. The highest BCUT2D eigenvalue weighted by molar-refractivity contribution is 5.85. The maximum atomic E-state index is 11.1. The van der Waals surface area contributed by atoms with Crippen LogP contribution in [-0.4, -0.2) is 91.0 Å². The Morgan fingerprint density at radius 3 is 1.93 bits per heavy atom. The number of piperazine rings is 1. The third kappa shape index (κ3) is 7.00. The van der Waals surface area contributed by atoms with Crippen LogP contribution in [0.2, 0.25) is 0 Å². The molecule has 8 nitrogen and oxygen atoms in total. The molecule has 10 heteroatoms. The molecule has 2 saturated heterocycles. The maximum absolute atomic E-state index is 11.1. The number of hydrogen-bond acceptors (Lipinski definition) is 6. The van der Waals surface area contributed by atoms with E-state index in [2.05, 4.69) is 20.4 Å². The Balaban J connectivity index is 0.00000196. The highest BCUT2D eigenvalue weighted by Crippen LogP contribution is 2.27. The first-order chi connectivity index (χ1) is 12.7. The molecule has 3 N–H and O–H groups in total. The van der Waals surface area contributed by atoms with Crippen LogP contribution in [0, 0.1) is 0 Å². The monoisotopic (exact) mass is 440 g/mol. The third-order valence-corrected chi connectivity index (χ3v) is 6.11. The first kappa shape index (κ1) is 25.4. The summed E-state index contributed by atoms with van der Waals surface area (Å²) in [7, 11) is 0. The number of carbonyl (C=O) groups excluding carboxylic acids is 1. The van der Waals surface area contributed by atoms with Gasteiger partial charge in [-0.25, -0.2) is 4.79 Å². The molecule has 1 unspecified atom stereocenters. The third-order valence-electron chi connectivity index (χ3n) is 6.11. The number of ether oxygens (including phenoxy) is 1. The van der Waals surface area contributed by atoms with Gasteiger partial charge in [-0.05, 0) is 51.6 Å². The lowest BCUT2D eigenvalue weighted by Gasteiger charge is -2.45. The summed E-state index contributed by atoms with van der Waals surface area (Å²) in [6, 6.07) is 1.33. The second-order valence-corrected chi connectivity index (χ2v) is 7.62. The summed E-state index contributed by atoms with van der Waals surface area (Å²) in [5, 5.41) is 14.7. The zero-order chi connectivity index (χ0) is 18.4. The Hall–Kier alpha value is -0.640. The molecule has 0 aromatic heterocycles. The van der Waals surface area contributed by atoms with E-state index in [-0.39, 0.29) is 30.9 Å². The topological polar surface area (TPSA) is 94.1 Å². The number of amides is 1. The number of nitrogens with one attached hydrogen (secondary N) is 2. The minimum Gasteiger partial charge on any atom is -0.478 e. The van der Waals surface area contributed by atoms with Crippen LogP contribution in [0.15, 0.2) is 0 Å². The quantitative estimate of drug-likeness (QED) is 0.395. The van der Waals surface area contributed by atoms with Crippen molar-refractivity contribution in [2.24, 2.45) is 0 Å². The number of hydrogen-bond donors (Lipinski definition) is 3. The van der Waals surface area contributed by atoms with Crippen LogP contribution in [0.1, 0.15) is 38.5 Å². The number of carboxylic acid groups (broad SMARTS) is 1. The number of piperidine rings is 1. The average molecular weight is 441 g/mol. The SMILES string of the molecule is Cl.Cl.O=CNC(OC1CCC(N2CCN(C3CCNCC3)CC2)CC1)C(=O)O. The molecule has 28 heavy (non-hydrogen) atoms. The largest absolute Gasteiger partial charge is 0.478 e. The van der Waals surface area contributed by atoms with Crippen LogP contribution >= 0.6 is 24.8 Å². The molecule has 1 saturated carbocycles. The Kier molecular flexibility index (Phi) is 11.6. The Bertz CT molecular complexity index is 467. The molecule has 3 aliphatic rings. The molecule has 164 valence electrons. The summed E-state index contributed by atoms with van der Waals surface area (Å²) in [5.41, 5.74) is 0. The molecule has 3 fully saturated rings. The number of halogens is 2. The second kappa shape index (κ2) is 12.8. The van der Waals surface area contributed by atoms with Crippen LogP contribution in [-0.2, 0) is 14.3 Å². The van der Waals surface area contributed by atoms with Gasteiger partial charge >= 0.3 is 5.97 Å². The first-order valence-electron chi connectivity index (χ1n) is 9.94. The van der Waals surface area contributed by atoms with Gasteiger partial charge in [0.1, 0.15) is 0 Å². The van der Waals surface area contributed by atoms with Gasteiger partial charge in [0.2, 0.25) is 12.6 Å². The highest BCUT2D eigenvalue weighted by Gasteiger charge is 2.32. The number of carbonyl (C=O) groups is 2. The van der Waals surface area contributed by atoms with E-state index in [9.17, 15) is 9.59 Å². The van der Waals surface area contributed by atoms with Gasteiger partial charge < -0.3 is 20.5 Å². The molecule has 0 aromatic rings. The van der Waals surface area contributed by atoms with Gasteiger partial charge in [0.05, 0.1) is 6.10 Å². The normalized spacial score (nSPS) is 28.4. The Morgan fingerprint density at radius 2 is 1.46 bits per heavy atom. The summed E-state index contributed by atoms with van der Waals surface area (Å²) in [5.74, 6) is -1.15. The molecule has 0 radical (unpaired) electrons. The maximum Gasteiger partial charge on any atom is 0.354 e. The molecule has 3 rings (SSSR count). The standard InChI is InChI=1S/C18H32N4O4.2ClH/c23-13-20-17(18(24)25)26-16-3-1-14(2-4-16)21-9-11-22(12-10-21)15-5-7-19-8-6-15;;/h13-17,19H,1-12H2,(H,20,23)(H,24,25);2*1H. The lowest BCUT2D eigenvalue weighted by Crippen LogP contribution is -2.55. The Labute approximate surface area is 179 Å². The predicted molar refractivity (Wildman–Crippen MR) is 111 cm³/mol. The van der Waals surface area contributed by atoms with Crippen molar-refractivity contribution in [1.82, 2.24) is 20.4 Å². The molecule has 0 spiro atoms. The number of nitrogens with zero attached hydrogens (tertiary/aromatic N) is 2. The van der Waals surface area contributed by atoms with Crippen LogP contribution < -0.4 is 10.6 Å². The second-order valence-electron chi connectivity index (χ2n) is 7.62. The number of aliphatic carboxylic acids is 1. The van der Waals surface area contributed by atoms with Gasteiger partial charge in [-0.2, -0.15) is 0 Å². The van der Waals surface area contributed by atoms with Crippen molar-refractivity contribution < 1.29 is 19.4 Å². The molecule has 2 heterocycles. The molecular weight excluding hydrogens is 407 g/mol. The minimum atomic E-state index is -1.23. The van der Waals surface area contributed by atoms with E-state index in [1.165, 1.54) is 12.8 Å². The lowest BCUT2D eigenvalue weighted by atomic mass is 9.91. The Morgan fingerprint density at radius 1 is 0.964 bits per heavy atom. The summed E-state index contributed by atoms with van der Waals surface area (Å²) in [6.45, 7) is 6.86. The fourth-order valence-corrected chi connectivity index (χ4v) is 4.61. The summed E-state index contributed by atoms with van der Waals surface area (Å²) in [6.07, 6.45) is 5.36. The summed E-state index contributed by atoms with van der Waals surface area (Å²) < 4.78 is 5.55. The van der Waals surface area contributed by atoms with Gasteiger partial charge in [-0.3, -0.25) is 14.6 Å². The highest BCUT2D eigenvalue weighted by atomic mass is 35.5. The first-order valence-corrected chi connectivity index (χ1v) is 9.94. The van der Waals surface area contributed by atoms with Gasteiger partial charge in [0.25, 0.3) is 0 Å². The minimum absolute atomic E-state index is 0. The van der Waals surface area contributed by atoms with Gasteiger partial charge in [0.15, 0.2) is 0 Å². The number of carboxylic acids is 1. The van der Waals surface area contributed by atoms with Crippen LogP contribution in [0.4, 0.5) is 0 Å². The zero-order valence-corrected chi connectivity index (χ0v) is 17.9. The van der Waals surface area contributed by atoms with Crippen LogP contribution in [0.25, 0.3) is 0 Å². The smallest absolute Gasteiger partial charge is 0.354 e. The van der Waals surface area contributed by atoms with Crippen LogP contribution in [0.5, 0.6) is 0 Å². The van der Waals surface area contributed by atoms with Crippen molar-refractivity contribution in [2.45, 2.75) is 62.9 Å². The van der Waals surface area contributed by atoms with Gasteiger partial charge in [0, 0.05) is 38.3 Å². The summed E-state index contributed by atoms with van der Waals surface area (Å²) >= 11 is 0. The summed E-state index contributed by atoms with van der Waals surface area (Å²) in [4.78, 5) is 26.8. The van der Waals surface area contributed by atoms with Crippen molar-refractivity contribution in [3.63, 3.8) is 0 Å².